The van der Waals surface area contributed by atoms with E-state index >= 15 is 0 Å². The highest BCUT2D eigenvalue weighted by molar-refractivity contribution is 6.36. The molecule has 1 aromatic carbocycles. The lowest BCUT2D eigenvalue weighted by molar-refractivity contribution is -0.165. The highest BCUT2D eigenvalue weighted by Crippen LogP contribution is 2.18. The van der Waals surface area contributed by atoms with Crippen LogP contribution < -0.4 is 11.1 Å². The molecule has 2 unspecified atom stereocenters. The zero-order valence-electron chi connectivity index (χ0n) is 17.3. The molecule has 1 saturated heterocycles. The Morgan fingerprint density at radius 3 is 2.41 bits per heavy atom. The molecule has 168 valence electrons. The number of carbonyl (C=O) groups is 4. The summed E-state index contributed by atoms with van der Waals surface area (Å²) >= 11 is 0. The van der Waals surface area contributed by atoms with Crippen molar-refractivity contribution in [1.29, 1.82) is 5.41 Å². The lowest BCUT2D eigenvalue weighted by Gasteiger charge is -2.42. The highest BCUT2D eigenvalue weighted by Gasteiger charge is 2.44. The van der Waals surface area contributed by atoms with Crippen molar-refractivity contribution in [2.75, 3.05) is 13.1 Å². The van der Waals surface area contributed by atoms with Crippen molar-refractivity contribution in [3.8, 4) is 0 Å². The molecule has 2 heterocycles. The summed E-state index contributed by atoms with van der Waals surface area (Å²) < 4.78 is 5.19. The summed E-state index contributed by atoms with van der Waals surface area (Å²) in [5.41, 5.74) is 6.12. The molecule has 3 rings (SSSR count). The van der Waals surface area contributed by atoms with Crippen LogP contribution in [0.25, 0.3) is 0 Å². The Morgan fingerprint density at radius 2 is 1.88 bits per heavy atom. The van der Waals surface area contributed by atoms with E-state index in [0.717, 1.165) is 4.90 Å². The molecule has 3 amide bonds. The first-order valence-corrected chi connectivity index (χ1v) is 9.85. The number of hydrogen-bond acceptors (Lipinski definition) is 6. The van der Waals surface area contributed by atoms with Crippen molar-refractivity contribution in [3.63, 3.8) is 0 Å². The Hall–Kier alpha value is -4.15. The van der Waals surface area contributed by atoms with Gasteiger partial charge in [0.2, 0.25) is 0 Å². The van der Waals surface area contributed by atoms with E-state index in [-0.39, 0.29) is 30.9 Å². The number of amidine groups is 1. The first-order chi connectivity index (χ1) is 15.2. The van der Waals surface area contributed by atoms with Crippen LogP contribution in [0.1, 0.15) is 28.6 Å². The molecular weight excluding hydrogens is 418 g/mol. The number of rotatable bonds is 8. The standard InChI is InChI=1S/C21H23N5O6/c1-2-25-16(24-18(27)13-7-5-12(6-8-13)17(22)23)11-26(20(29)19(25)28)15(21(30)31)10-14-4-3-9-32-14/h3-9,15-16H,2,10-11H2,1H3,(H3,22,23)(H,24,27)(H,30,31). The second-order valence-corrected chi connectivity index (χ2v) is 7.17. The summed E-state index contributed by atoms with van der Waals surface area (Å²) in [5, 5.41) is 19.8. The molecular formula is C21H23N5O6. The van der Waals surface area contributed by atoms with Crippen molar-refractivity contribution in [2.24, 2.45) is 5.73 Å². The smallest absolute Gasteiger partial charge is 0.326 e. The summed E-state index contributed by atoms with van der Waals surface area (Å²) in [7, 11) is 0. The van der Waals surface area contributed by atoms with E-state index in [4.69, 9.17) is 15.6 Å². The number of nitrogens with one attached hydrogen (secondary N) is 2. The molecule has 1 aliphatic heterocycles. The third kappa shape index (κ3) is 4.61. The molecule has 32 heavy (non-hydrogen) atoms. The number of carbonyl (C=O) groups excluding carboxylic acids is 3. The number of furan rings is 1. The van der Waals surface area contributed by atoms with Crippen LogP contribution in [-0.4, -0.2) is 69.7 Å². The molecule has 0 bridgehead atoms. The van der Waals surface area contributed by atoms with Crippen LogP contribution in [0.4, 0.5) is 0 Å². The van der Waals surface area contributed by atoms with E-state index in [0.29, 0.717) is 11.3 Å². The predicted molar refractivity (Wildman–Crippen MR) is 112 cm³/mol. The fraction of sp³-hybridized carbons (Fsp3) is 0.286. The third-order valence-electron chi connectivity index (χ3n) is 5.18. The topological polar surface area (TPSA) is 170 Å². The van der Waals surface area contributed by atoms with Gasteiger partial charge in [0.15, 0.2) is 0 Å². The van der Waals surface area contributed by atoms with Gasteiger partial charge in [-0.05, 0) is 31.2 Å². The Kier molecular flexibility index (Phi) is 6.57. The number of piperazine rings is 1. The third-order valence-corrected chi connectivity index (χ3v) is 5.18. The molecule has 0 aliphatic carbocycles. The Labute approximate surface area is 183 Å². The van der Waals surface area contributed by atoms with Gasteiger partial charge in [-0.3, -0.25) is 19.8 Å². The van der Waals surface area contributed by atoms with Gasteiger partial charge < -0.3 is 30.4 Å². The van der Waals surface area contributed by atoms with Gasteiger partial charge in [-0.15, -0.1) is 0 Å². The number of carboxylic acids is 1. The number of carboxylic acid groups (broad SMARTS) is 1. The maximum atomic E-state index is 12.7. The van der Waals surface area contributed by atoms with Gasteiger partial charge in [-0.2, -0.15) is 0 Å². The van der Waals surface area contributed by atoms with Gasteiger partial charge in [-0.25, -0.2) is 4.79 Å². The minimum Gasteiger partial charge on any atom is -0.480 e. The van der Waals surface area contributed by atoms with Crippen molar-refractivity contribution in [1.82, 2.24) is 15.1 Å². The maximum Gasteiger partial charge on any atom is 0.326 e. The van der Waals surface area contributed by atoms with Gasteiger partial charge in [0.1, 0.15) is 23.8 Å². The monoisotopic (exact) mass is 441 g/mol. The normalized spacial score (nSPS) is 17.2. The van der Waals surface area contributed by atoms with Crippen molar-refractivity contribution in [3.05, 3.63) is 59.5 Å². The quantitative estimate of drug-likeness (QED) is 0.254. The van der Waals surface area contributed by atoms with Crippen LogP contribution in [0.3, 0.4) is 0 Å². The van der Waals surface area contributed by atoms with Gasteiger partial charge in [0.05, 0.1) is 12.8 Å². The van der Waals surface area contributed by atoms with Crippen molar-refractivity contribution < 1.29 is 28.7 Å². The number of nitrogens with zero attached hydrogens (tertiary/aromatic N) is 2. The van der Waals surface area contributed by atoms with Crippen molar-refractivity contribution in [2.45, 2.75) is 25.6 Å². The van der Waals surface area contributed by atoms with Gasteiger partial charge in [-0.1, -0.05) is 12.1 Å². The Balaban J connectivity index is 1.82. The lowest BCUT2D eigenvalue weighted by atomic mass is 10.1. The van der Waals surface area contributed by atoms with Crippen LogP contribution >= 0.6 is 0 Å². The molecule has 11 nitrogen and oxygen atoms in total. The van der Waals surface area contributed by atoms with E-state index in [1.807, 2.05) is 0 Å². The van der Waals surface area contributed by atoms with Crippen LogP contribution in [0, 0.1) is 5.41 Å². The molecule has 2 aromatic rings. The molecule has 2 atom stereocenters. The molecule has 1 fully saturated rings. The summed E-state index contributed by atoms with van der Waals surface area (Å²) in [6.45, 7) is 1.59. The van der Waals surface area contributed by atoms with E-state index in [2.05, 4.69) is 5.32 Å². The zero-order valence-corrected chi connectivity index (χ0v) is 17.3. The van der Waals surface area contributed by atoms with Crippen molar-refractivity contribution >= 4 is 29.5 Å². The minimum absolute atomic E-state index is 0.124. The molecule has 1 aromatic heterocycles. The first kappa shape index (κ1) is 22.5. The molecule has 5 N–H and O–H groups in total. The fourth-order valence-electron chi connectivity index (χ4n) is 3.50. The summed E-state index contributed by atoms with van der Waals surface area (Å²) in [4.78, 5) is 52.1. The van der Waals surface area contributed by atoms with Crippen LogP contribution in [0.5, 0.6) is 0 Å². The zero-order chi connectivity index (χ0) is 23.4. The fourth-order valence-corrected chi connectivity index (χ4v) is 3.50. The highest BCUT2D eigenvalue weighted by atomic mass is 16.4. The molecule has 0 radical (unpaired) electrons. The Bertz CT molecular complexity index is 1030. The number of likely N-dealkylation sites (N-methyl/N-ethyl adjacent to an activating group) is 1. The SMILES string of the molecule is CCN1C(=O)C(=O)N(C(Cc2ccco2)C(=O)O)CC1NC(=O)c1ccc(C(=N)N)cc1. The number of amides is 3. The average molecular weight is 441 g/mol. The van der Waals surface area contributed by atoms with Gasteiger partial charge >= 0.3 is 17.8 Å². The number of nitrogens with two attached hydrogens (primary N) is 1. The van der Waals surface area contributed by atoms with Crippen LogP contribution in [-0.2, 0) is 20.8 Å². The van der Waals surface area contributed by atoms with E-state index in [9.17, 15) is 24.3 Å². The molecule has 0 saturated carbocycles. The number of nitrogen functional groups attached to an aromatic ring is 1. The van der Waals surface area contributed by atoms with E-state index < -0.39 is 35.9 Å². The largest absolute Gasteiger partial charge is 0.480 e. The van der Waals surface area contributed by atoms with E-state index in [1.54, 1.807) is 19.1 Å². The van der Waals surface area contributed by atoms with Gasteiger partial charge in [0, 0.05) is 24.1 Å². The lowest BCUT2D eigenvalue weighted by Crippen LogP contribution is -2.67. The predicted octanol–water partition coefficient (Wildman–Crippen LogP) is 0.00617. The first-order valence-electron chi connectivity index (χ1n) is 9.85. The summed E-state index contributed by atoms with van der Waals surface area (Å²) in [5.74, 6) is -3.47. The number of benzene rings is 1. The summed E-state index contributed by atoms with van der Waals surface area (Å²) in [6, 6.07) is 7.82. The molecule has 0 spiro atoms. The summed E-state index contributed by atoms with van der Waals surface area (Å²) in [6.07, 6.45) is 0.334. The molecule has 11 heteroatoms. The average Bonchev–Trinajstić information content (AvgIpc) is 3.28. The second-order valence-electron chi connectivity index (χ2n) is 7.17. The van der Waals surface area contributed by atoms with E-state index in [1.165, 1.54) is 35.4 Å². The molecule has 1 aliphatic rings. The number of aliphatic carboxylic acids is 1. The Morgan fingerprint density at radius 1 is 1.22 bits per heavy atom. The van der Waals surface area contributed by atoms with Crippen LogP contribution in [0.2, 0.25) is 0 Å². The minimum atomic E-state index is -1.34. The number of hydrogen-bond donors (Lipinski definition) is 4. The van der Waals surface area contributed by atoms with Crippen LogP contribution in [0.15, 0.2) is 47.1 Å². The second kappa shape index (κ2) is 9.33. The van der Waals surface area contributed by atoms with Gasteiger partial charge in [0.25, 0.3) is 5.91 Å². The maximum absolute atomic E-state index is 12.7.